The first kappa shape index (κ1) is 15.7. The van der Waals surface area contributed by atoms with E-state index in [1.807, 2.05) is 0 Å². The fraction of sp³-hybridized carbons (Fsp3) is 0.333. The molecule has 5 heteroatoms. The maximum Gasteiger partial charge on any atom is 0.259 e. The second kappa shape index (κ2) is 5.24. The van der Waals surface area contributed by atoms with E-state index in [1.54, 1.807) is 41.3 Å². The molecule has 1 spiro atoms. The quantitative estimate of drug-likeness (QED) is 0.858. The maximum atomic E-state index is 13.5. The van der Waals surface area contributed by atoms with Gasteiger partial charge in [-0.25, -0.2) is 4.39 Å². The molecular formula is C21H19FN2O2. The molecule has 1 amide bonds. The predicted molar refractivity (Wildman–Crippen MR) is 95.5 cm³/mol. The van der Waals surface area contributed by atoms with E-state index >= 15 is 0 Å². The first-order valence-electron chi connectivity index (χ1n) is 9.04. The van der Waals surface area contributed by atoms with Crippen molar-refractivity contribution in [3.05, 3.63) is 71.0 Å². The predicted octanol–water partition coefficient (Wildman–Crippen LogP) is 3.24. The number of fused-ring (bicyclic) bond motifs is 2. The molecule has 0 bridgehead atoms. The second-order valence-corrected chi connectivity index (χ2v) is 7.52. The van der Waals surface area contributed by atoms with Crippen molar-refractivity contribution < 1.29 is 14.3 Å². The van der Waals surface area contributed by atoms with Crippen molar-refractivity contribution in [1.82, 2.24) is 4.90 Å². The minimum Gasteiger partial charge on any atom is -0.373 e. The molecule has 2 aromatic carbocycles. The SMILES string of the molecule is O=C1c2ccccc2C(O)(c2ccc(F)cc2)C2=NC3(CCCC3)CN12. The normalized spacial score (nSPS) is 26.0. The van der Waals surface area contributed by atoms with Crippen molar-refractivity contribution in [3.8, 4) is 0 Å². The molecule has 2 aliphatic heterocycles. The van der Waals surface area contributed by atoms with Crippen molar-refractivity contribution >= 4 is 11.7 Å². The van der Waals surface area contributed by atoms with Gasteiger partial charge in [0.25, 0.3) is 5.91 Å². The smallest absolute Gasteiger partial charge is 0.259 e. The molecule has 0 radical (unpaired) electrons. The lowest BCUT2D eigenvalue weighted by Gasteiger charge is -2.39. The Balaban J connectivity index is 1.77. The van der Waals surface area contributed by atoms with Gasteiger partial charge in [-0.05, 0) is 36.6 Å². The Bertz CT molecular complexity index is 931. The number of aliphatic imine (C=N–C) groups is 1. The number of halogens is 1. The third kappa shape index (κ3) is 1.98. The summed E-state index contributed by atoms with van der Waals surface area (Å²) in [5.74, 6) is -0.0976. The van der Waals surface area contributed by atoms with Crippen LogP contribution in [-0.2, 0) is 5.60 Å². The number of aliphatic hydroxyl groups is 1. The van der Waals surface area contributed by atoms with E-state index in [0.717, 1.165) is 25.7 Å². The van der Waals surface area contributed by atoms with E-state index in [-0.39, 0.29) is 17.3 Å². The third-order valence-corrected chi connectivity index (χ3v) is 5.96. The maximum absolute atomic E-state index is 13.5. The summed E-state index contributed by atoms with van der Waals surface area (Å²) in [6, 6.07) is 12.9. The van der Waals surface area contributed by atoms with E-state index in [9.17, 15) is 14.3 Å². The van der Waals surface area contributed by atoms with E-state index in [0.29, 0.717) is 29.1 Å². The van der Waals surface area contributed by atoms with Gasteiger partial charge in [-0.2, -0.15) is 0 Å². The summed E-state index contributed by atoms with van der Waals surface area (Å²) >= 11 is 0. The number of amidine groups is 1. The lowest BCUT2D eigenvalue weighted by Crippen LogP contribution is -2.53. The molecule has 2 heterocycles. The number of carbonyl (C=O) groups is 1. The van der Waals surface area contributed by atoms with Crippen LogP contribution in [0.2, 0.25) is 0 Å². The van der Waals surface area contributed by atoms with Crippen LogP contribution in [0.5, 0.6) is 0 Å². The average molecular weight is 350 g/mol. The molecule has 1 fully saturated rings. The van der Waals surface area contributed by atoms with Crippen LogP contribution in [0.1, 0.15) is 47.2 Å². The molecule has 26 heavy (non-hydrogen) atoms. The molecular weight excluding hydrogens is 331 g/mol. The van der Waals surface area contributed by atoms with Crippen LogP contribution >= 0.6 is 0 Å². The second-order valence-electron chi connectivity index (χ2n) is 7.52. The lowest BCUT2D eigenvalue weighted by atomic mass is 9.79. The van der Waals surface area contributed by atoms with Gasteiger partial charge in [0.05, 0.1) is 12.1 Å². The van der Waals surface area contributed by atoms with Crippen molar-refractivity contribution in [1.29, 1.82) is 0 Å². The summed E-state index contributed by atoms with van der Waals surface area (Å²) in [6.45, 7) is 0.513. The average Bonchev–Trinajstić information content (AvgIpc) is 3.28. The van der Waals surface area contributed by atoms with Crippen LogP contribution in [0, 0.1) is 5.82 Å². The monoisotopic (exact) mass is 350 g/mol. The summed E-state index contributed by atoms with van der Waals surface area (Å²) in [7, 11) is 0. The topological polar surface area (TPSA) is 52.9 Å². The molecule has 1 aliphatic carbocycles. The van der Waals surface area contributed by atoms with Gasteiger partial charge in [0.2, 0.25) is 0 Å². The van der Waals surface area contributed by atoms with Crippen LogP contribution in [0.3, 0.4) is 0 Å². The zero-order valence-electron chi connectivity index (χ0n) is 14.3. The van der Waals surface area contributed by atoms with Crippen LogP contribution < -0.4 is 0 Å². The number of nitrogens with zero attached hydrogens (tertiary/aromatic N) is 2. The van der Waals surface area contributed by atoms with Gasteiger partial charge in [-0.1, -0.05) is 43.2 Å². The Hall–Kier alpha value is -2.53. The van der Waals surface area contributed by atoms with Gasteiger partial charge in [0.1, 0.15) is 11.7 Å². The summed E-state index contributed by atoms with van der Waals surface area (Å²) in [5, 5.41) is 11.9. The van der Waals surface area contributed by atoms with Gasteiger partial charge < -0.3 is 5.11 Å². The Morgan fingerprint density at radius 2 is 1.73 bits per heavy atom. The third-order valence-electron chi connectivity index (χ3n) is 5.96. The summed E-state index contributed by atoms with van der Waals surface area (Å²) in [4.78, 5) is 19.6. The van der Waals surface area contributed by atoms with Gasteiger partial charge in [0.15, 0.2) is 5.60 Å². The highest BCUT2D eigenvalue weighted by atomic mass is 19.1. The van der Waals surface area contributed by atoms with Gasteiger partial charge in [0, 0.05) is 11.1 Å². The summed E-state index contributed by atoms with van der Waals surface area (Å²) in [5.41, 5.74) is -0.321. The van der Waals surface area contributed by atoms with Gasteiger partial charge in [-0.15, -0.1) is 0 Å². The highest BCUT2D eigenvalue weighted by Crippen LogP contribution is 2.46. The molecule has 0 aromatic heterocycles. The standard InChI is InChI=1S/C21H19FN2O2/c22-15-9-7-14(8-10-15)21(26)17-6-2-1-5-16(17)18(25)24-13-20(23-19(21)24)11-3-4-12-20/h1-2,5-10,26H,3-4,11-13H2. The fourth-order valence-corrected chi connectivity index (χ4v) is 4.66. The van der Waals surface area contributed by atoms with E-state index in [2.05, 4.69) is 0 Å². The summed E-state index contributed by atoms with van der Waals surface area (Å²) in [6.07, 6.45) is 4.02. The van der Waals surface area contributed by atoms with E-state index < -0.39 is 5.60 Å². The first-order valence-corrected chi connectivity index (χ1v) is 9.04. The molecule has 5 rings (SSSR count). The molecule has 1 N–H and O–H groups in total. The zero-order chi connectivity index (χ0) is 17.9. The first-order chi connectivity index (χ1) is 12.5. The van der Waals surface area contributed by atoms with E-state index in [1.165, 1.54) is 12.1 Å². The molecule has 1 saturated carbocycles. The van der Waals surface area contributed by atoms with Crippen LogP contribution in [0.25, 0.3) is 0 Å². The molecule has 132 valence electrons. The van der Waals surface area contributed by atoms with Gasteiger partial charge in [-0.3, -0.25) is 14.7 Å². The molecule has 2 aromatic rings. The highest BCUT2D eigenvalue weighted by molar-refractivity contribution is 6.16. The molecule has 1 atom stereocenters. The molecule has 0 saturated heterocycles. The minimum atomic E-state index is -1.55. The van der Waals surface area contributed by atoms with Crippen LogP contribution in [0.15, 0.2) is 53.5 Å². The summed E-state index contributed by atoms with van der Waals surface area (Å²) < 4.78 is 13.5. The Labute approximate surface area is 151 Å². The number of amides is 1. The fourth-order valence-electron chi connectivity index (χ4n) is 4.66. The molecule has 4 nitrogen and oxygen atoms in total. The van der Waals surface area contributed by atoms with Crippen LogP contribution in [-0.4, -0.2) is 33.8 Å². The van der Waals surface area contributed by atoms with Crippen LogP contribution in [0.4, 0.5) is 4.39 Å². The number of hydrogen-bond donors (Lipinski definition) is 1. The Kier molecular flexibility index (Phi) is 3.16. The minimum absolute atomic E-state index is 0.116. The van der Waals surface area contributed by atoms with Crippen molar-refractivity contribution in [3.63, 3.8) is 0 Å². The largest absolute Gasteiger partial charge is 0.373 e. The number of benzene rings is 2. The lowest BCUT2D eigenvalue weighted by molar-refractivity contribution is 0.0744. The van der Waals surface area contributed by atoms with Gasteiger partial charge >= 0.3 is 0 Å². The van der Waals surface area contributed by atoms with Crippen molar-refractivity contribution in [2.24, 2.45) is 4.99 Å². The molecule has 3 aliphatic rings. The molecule has 1 unspecified atom stereocenters. The Morgan fingerprint density at radius 3 is 2.46 bits per heavy atom. The van der Waals surface area contributed by atoms with Crippen molar-refractivity contribution in [2.75, 3.05) is 6.54 Å². The number of rotatable bonds is 1. The zero-order valence-corrected chi connectivity index (χ0v) is 14.3. The van der Waals surface area contributed by atoms with E-state index in [4.69, 9.17) is 4.99 Å². The number of hydrogen-bond acceptors (Lipinski definition) is 3. The number of carbonyl (C=O) groups excluding carboxylic acids is 1. The highest BCUT2D eigenvalue weighted by Gasteiger charge is 2.55. The Morgan fingerprint density at radius 1 is 1.04 bits per heavy atom. The van der Waals surface area contributed by atoms with Crippen molar-refractivity contribution in [2.45, 2.75) is 36.8 Å².